The van der Waals surface area contributed by atoms with Gasteiger partial charge in [-0.1, -0.05) is 24.3 Å². The van der Waals surface area contributed by atoms with Gasteiger partial charge in [-0.25, -0.2) is 8.42 Å². The molecule has 1 aromatic carbocycles. The van der Waals surface area contributed by atoms with Crippen molar-refractivity contribution < 1.29 is 32.7 Å². The van der Waals surface area contributed by atoms with Crippen molar-refractivity contribution in [2.45, 2.75) is 44.4 Å². The van der Waals surface area contributed by atoms with E-state index in [1.165, 1.54) is 25.1 Å². The fraction of sp³-hybridized carbons (Fsp3) is 0.476. The predicted molar refractivity (Wildman–Crippen MR) is 132 cm³/mol. The molecule has 0 bridgehead atoms. The number of rotatable bonds is 10. The number of benzene rings is 1. The quantitative estimate of drug-likeness (QED) is 0.211. The molecule has 13 nitrogen and oxygen atoms in total. The number of aliphatic carboxylic acids is 1. The summed E-state index contributed by atoms with van der Waals surface area (Å²) in [4.78, 5) is 31.7. The fourth-order valence-electron chi connectivity index (χ4n) is 4.17. The number of allylic oxidation sites excluding steroid dienone is 1. The molecule has 2 aliphatic rings. The average molecular weight is 547 g/mol. The number of hydrogen-bond donors (Lipinski definition) is 3. The van der Waals surface area contributed by atoms with Crippen molar-refractivity contribution in [3.63, 3.8) is 0 Å². The van der Waals surface area contributed by atoms with E-state index >= 15 is 0 Å². The number of nitrogens with two attached hydrogens (primary N) is 2. The molecule has 0 amide bonds. The summed E-state index contributed by atoms with van der Waals surface area (Å²) in [6, 6.07) is 5.62. The van der Waals surface area contributed by atoms with Crippen LogP contribution >= 0.6 is 12.4 Å². The van der Waals surface area contributed by atoms with Gasteiger partial charge in [0.05, 0.1) is 18.4 Å². The molecule has 3 rings (SSSR count). The van der Waals surface area contributed by atoms with Crippen LogP contribution < -0.4 is 11.7 Å². The Bertz CT molecular complexity index is 1130. The smallest absolute Gasteiger partial charge is 0.324 e. The van der Waals surface area contributed by atoms with Gasteiger partial charge in [-0.15, -0.1) is 16.8 Å². The monoisotopic (exact) mass is 546 g/mol. The van der Waals surface area contributed by atoms with E-state index in [1.807, 2.05) is 24.3 Å². The molecule has 200 valence electrons. The number of carbonyl (C=O) groups excluding carboxylic acids is 1. The lowest BCUT2D eigenvalue weighted by molar-refractivity contribution is -0.153. The Hall–Kier alpha value is -2.75. The van der Waals surface area contributed by atoms with Gasteiger partial charge in [0.2, 0.25) is 0 Å². The van der Waals surface area contributed by atoms with E-state index in [1.54, 1.807) is 12.1 Å². The summed E-state index contributed by atoms with van der Waals surface area (Å²) >= 11 is 0. The number of nitrogens with zero attached hydrogens (tertiary/aromatic N) is 4. The van der Waals surface area contributed by atoms with Gasteiger partial charge in [0, 0.05) is 26.9 Å². The first kappa shape index (κ1) is 29.5. The summed E-state index contributed by atoms with van der Waals surface area (Å²) in [5.41, 5.74) is 1.80. The molecule has 5 N–H and O–H groups in total. The minimum atomic E-state index is -4.41. The minimum Gasteiger partial charge on any atom is -0.480 e. The van der Waals surface area contributed by atoms with Crippen molar-refractivity contribution in [1.82, 2.24) is 14.4 Å². The topological polar surface area (TPSA) is 181 Å². The Morgan fingerprint density at radius 2 is 1.94 bits per heavy atom. The van der Waals surface area contributed by atoms with Crippen molar-refractivity contribution in [1.29, 1.82) is 0 Å². The highest BCUT2D eigenvalue weighted by atomic mass is 35.5. The van der Waals surface area contributed by atoms with Crippen LogP contribution in [0.3, 0.4) is 0 Å². The largest absolute Gasteiger partial charge is 0.480 e. The van der Waals surface area contributed by atoms with Gasteiger partial charge in [0.25, 0.3) is 10.0 Å². The Labute approximate surface area is 215 Å². The van der Waals surface area contributed by atoms with Gasteiger partial charge < -0.3 is 20.6 Å². The number of hydrazine groups is 1. The van der Waals surface area contributed by atoms with Gasteiger partial charge in [-0.2, -0.15) is 10.2 Å². The maximum absolute atomic E-state index is 12.9. The number of hydroxylamine groups is 2. The molecule has 2 heterocycles. The third-order valence-corrected chi connectivity index (χ3v) is 7.80. The van der Waals surface area contributed by atoms with Crippen LogP contribution in [0.5, 0.6) is 0 Å². The second kappa shape index (κ2) is 12.0. The summed E-state index contributed by atoms with van der Waals surface area (Å²) in [5, 5.41) is 14.5. The predicted octanol–water partition coefficient (Wildman–Crippen LogP) is 0.494. The number of hydrogen-bond acceptors (Lipinski definition) is 11. The molecule has 36 heavy (non-hydrogen) atoms. The average Bonchev–Trinajstić information content (AvgIpc) is 3.33. The van der Waals surface area contributed by atoms with Gasteiger partial charge in [0.15, 0.2) is 11.8 Å². The van der Waals surface area contributed by atoms with E-state index in [9.17, 15) is 23.1 Å². The number of ether oxygens (including phenoxy) is 1. The zero-order chi connectivity index (χ0) is 25.9. The molecule has 3 atom stereocenters. The molecular formula is C21H31ClN6O7S. The summed E-state index contributed by atoms with van der Waals surface area (Å²) < 4.78 is 31.3. The Balaban J connectivity index is 0.00000456. The molecule has 0 aliphatic carbocycles. The first-order chi connectivity index (χ1) is 16.4. The summed E-state index contributed by atoms with van der Waals surface area (Å²) in [7, 11) is -1.19. The van der Waals surface area contributed by atoms with Crippen molar-refractivity contribution in [3.05, 3.63) is 46.2 Å². The van der Waals surface area contributed by atoms with Gasteiger partial charge >= 0.3 is 5.97 Å². The van der Waals surface area contributed by atoms with E-state index in [0.717, 1.165) is 11.1 Å². The second-order valence-electron chi connectivity index (χ2n) is 8.44. The fourth-order valence-corrected chi connectivity index (χ4v) is 5.74. The van der Waals surface area contributed by atoms with Crippen LogP contribution in [0.2, 0.25) is 0 Å². The standard InChI is InChI=1S/C21H30N6O7S.ClH/c1-13-20(25(2)12-33-13)35(31,32)27(23)19(21(29)30)9-16(28)8-17-10-18(26(3)34-17)15-6-4-14(5-7-15)11-24-22;/h4-7,11,17-19H,8-10,12,22-23H2,1-3H3,(H,29,30);1H/t17-,18-,19+;/m1./s1. The van der Waals surface area contributed by atoms with E-state index < -0.39 is 40.3 Å². The molecular weight excluding hydrogens is 516 g/mol. The summed E-state index contributed by atoms with van der Waals surface area (Å²) in [6.07, 6.45) is 0.808. The number of carboxylic acid groups (broad SMARTS) is 1. The molecule has 0 unspecified atom stereocenters. The zero-order valence-corrected chi connectivity index (χ0v) is 21.7. The first-order valence-corrected chi connectivity index (χ1v) is 12.2. The number of carboxylic acids is 1. The lowest BCUT2D eigenvalue weighted by atomic mass is 9.97. The zero-order valence-electron chi connectivity index (χ0n) is 20.1. The molecule has 0 radical (unpaired) electrons. The Kier molecular flexibility index (Phi) is 9.82. The molecule has 0 spiro atoms. The van der Waals surface area contributed by atoms with Crippen LogP contribution in [0.1, 0.15) is 43.4 Å². The molecule has 2 aliphatic heterocycles. The molecule has 1 aromatic rings. The SMILES string of the molecule is CC1=C(S(=O)(=O)N(N)[C@@H](CC(=O)C[C@@H]2C[C@H](c3ccc(C=NN)cc3)N(C)O2)C(=O)O)N(C)CO1.Cl. The highest BCUT2D eigenvalue weighted by molar-refractivity contribution is 7.92. The highest BCUT2D eigenvalue weighted by Gasteiger charge is 2.41. The number of carbonyl (C=O) groups is 2. The van der Waals surface area contributed by atoms with Gasteiger partial charge in [-0.3, -0.25) is 20.3 Å². The molecule has 1 saturated heterocycles. The van der Waals surface area contributed by atoms with Crippen LogP contribution in [0.4, 0.5) is 0 Å². The molecule has 0 saturated carbocycles. The van der Waals surface area contributed by atoms with Crippen LogP contribution in [0, 0.1) is 0 Å². The Morgan fingerprint density at radius 1 is 1.31 bits per heavy atom. The maximum atomic E-state index is 12.9. The third-order valence-electron chi connectivity index (χ3n) is 5.90. The number of halogens is 1. The number of sulfonamides is 1. The van der Waals surface area contributed by atoms with Crippen LogP contribution in [0.15, 0.2) is 40.2 Å². The normalized spacial score (nSPS) is 21.6. The highest BCUT2D eigenvalue weighted by Crippen LogP contribution is 2.34. The molecule has 1 fully saturated rings. The molecule has 0 aromatic heterocycles. The first-order valence-electron chi connectivity index (χ1n) is 10.8. The maximum Gasteiger partial charge on any atom is 0.324 e. The Morgan fingerprint density at radius 3 is 2.47 bits per heavy atom. The summed E-state index contributed by atoms with van der Waals surface area (Å²) in [5.74, 6) is 8.99. The van der Waals surface area contributed by atoms with Crippen molar-refractivity contribution >= 4 is 40.4 Å². The van der Waals surface area contributed by atoms with E-state index in [2.05, 4.69) is 5.10 Å². The number of Topliss-reactive ketones (excluding diaryl/α,β-unsaturated/α-hetero) is 1. The lowest BCUT2D eigenvalue weighted by Crippen LogP contribution is -2.52. The number of hydrazone groups is 1. The second-order valence-corrected chi connectivity index (χ2v) is 10.2. The molecule has 15 heteroatoms. The van der Waals surface area contributed by atoms with Crippen molar-refractivity contribution in [2.24, 2.45) is 16.8 Å². The van der Waals surface area contributed by atoms with Gasteiger partial charge in [-0.05, 0) is 24.5 Å². The van der Waals surface area contributed by atoms with Crippen molar-refractivity contribution in [3.8, 4) is 0 Å². The lowest BCUT2D eigenvalue weighted by Gasteiger charge is -2.25. The van der Waals surface area contributed by atoms with Crippen LogP contribution in [-0.2, 0) is 29.2 Å². The van der Waals surface area contributed by atoms with E-state index in [4.69, 9.17) is 21.3 Å². The van der Waals surface area contributed by atoms with E-state index in [0.29, 0.717) is 6.42 Å². The van der Waals surface area contributed by atoms with Crippen LogP contribution in [-0.4, -0.2) is 78.8 Å². The van der Waals surface area contributed by atoms with Crippen molar-refractivity contribution in [2.75, 3.05) is 20.8 Å². The number of ketones is 1. The summed E-state index contributed by atoms with van der Waals surface area (Å²) in [6.45, 7) is 1.43. The van der Waals surface area contributed by atoms with Crippen LogP contribution in [0.25, 0.3) is 0 Å². The van der Waals surface area contributed by atoms with E-state index in [-0.39, 0.29) is 46.8 Å². The minimum absolute atomic E-state index is 0. The van der Waals surface area contributed by atoms with Gasteiger partial charge in [0.1, 0.15) is 17.6 Å². The third kappa shape index (κ3) is 6.32.